The van der Waals surface area contributed by atoms with E-state index in [9.17, 15) is 4.79 Å². The van der Waals surface area contributed by atoms with Gasteiger partial charge in [-0.25, -0.2) is 0 Å². The van der Waals surface area contributed by atoms with Gasteiger partial charge in [-0.15, -0.1) is 0 Å². The summed E-state index contributed by atoms with van der Waals surface area (Å²) in [6.45, 7) is 2.77. The van der Waals surface area contributed by atoms with Crippen LogP contribution in [0.1, 0.15) is 0 Å². The third-order valence-electron chi connectivity index (χ3n) is 2.28. The maximum atomic E-state index is 10.3. The predicted octanol–water partition coefficient (Wildman–Crippen LogP) is 0.496. The average Bonchev–Trinajstić information content (AvgIpc) is 2.28. The van der Waals surface area contributed by atoms with Crippen molar-refractivity contribution in [2.75, 3.05) is 33.4 Å². The number of carbonyl (C=O) groups is 1. The highest BCUT2D eigenvalue weighted by Gasteiger charge is 2.18. The molecule has 0 radical (unpaired) electrons. The molecule has 0 atom stereocenters. The molecule has 1 fully saturated rings. The molecule has 0 aromatic heterocycles. The summed E-state index contributed by atoms with van der Waals surface area (Å²) in [6.07, 6.45) is 5.71. The number of nitriles is 1. The van der Waals surface area contributed by atoms with Gasteiger partial charge >= 0.3 is 0 Å². The smallest absolute Gasteiger partial charge is 0.160 e. The number of hydrogen-bond acceptors (Lipinski definition) is 5. The summed E-state index contributed by atoms with van der Waals surface area (Å²) in [5.41, 5.74) is 0.109. The van der Waals surface area contributed by atoms with E-state index in [2.05, 4.69) is 0 Å². The minimum atomic E-state index is 0.109. The monoisotopic (exact) mass is 236 g/mol. The number of ether oxygens (including phenoxy) is 2. The minimum Gasteiger partial charge on any atom is -0.378 e. The van der Waals surface area contributed by atoms with Gasteiger partial charge in [0.1, 0.15) is 12.2 Å². The van der Waals surface area contributed by atoms with Crippen LogP contribution in [0.25, 0.3) is 0 Å². The Balaban J connectivity index is 2.16. The highest BCUT2D eigenvalue weighted by molar-refractivity contribution is 5.79. The summed E-state index contributed by atoms with van der Waals surface area (Å²) in [5.74, 6) is 0. The van der Waals surface area contributed by atoms with Gasteiger partial charge < -0.3 is 14.4 Å². The lowest BCUT2D eigenvalue weighted by Crippen LogP contribution is -2.37. The summed E-state index contributed by atoms with van der Waals surface area (Å²) in [7, 11) is 1.90. The number of aldehydes is 1. The Bertz CT molecular complexity index is 340. The first kappa shape index (κ1) is 13.4. The number of nitrogens with zero attached hydrogens (tertiary/aromatic N) is 2. The van der Waals surface area contributed by atoms with Gasteiger partial charge in [-0.1, -0.05) is 0 Å². The van der Waals surface area contributed by atoms with Gasteiger partial charge in [0, 0.05) is 13.6 Å². The summed E-state index contributed by atoms with van der Waals surface area (Å²) in [6, 6.07) is 1.78. The molecule has 5 nitrogen and oxygen atoms in total. The van der Waals surface area contributed by atoms with E-state index >= 15 is 0 Å². The number of hydrogen-bond donors (Lipinski definition) is 0. The molecule has 1 saturated heterocycles. The van der Waals surface area contributed by atoms with Crippen LogP contribution in [-0.2, 0) is 14.3 Å². The molecule has 0 bridgehead atoms. The fraction of sp³-hybridized carbons (Fsp3) is 0.500. The van der Waals surface area contributed by atoms with Crippen LogP contribution in [0.2, 0.25) is 0 Å². The summed E-state index contributed by atoms with van der Waals surface area (Å²) >= 11 is 0. The van der Waals surface area contributed by atoms with Crippen molar-refractivity contribution in [3.05, 3.63) is 23.9 Å². The second-order valence-electron chi connectivity index (χ2n) is 3.70. The third kappa shape index (κ3) is 5.29. The second-order valence-corrected chi connectivity index (χ2v) is 3.70. The van der Waals surface area contributed by atoms with Gasteiger partial charge in [0.05, 0.1) is 25.4 Å². The number of allylic oxidation sites excluding steroid dienone is 3. The van der Waals surface area contributed by atoms with Crippen LogP contribution >= 0.6 is 0 Å². The van der Waals surface area contributed by atoms with Gasteiger partial charge in [-0.3, -0.25) is 4.79 Å². The van der Waals surface area contributed by atoms with E-state index in [-0.39, 0.29) is 11.7 Å². The Morgan fingerprint density at radius 3 is 2.94 bits per heavy atom. The van der Waals surface area contributed by atoms with Crippen molar-refractivity contribution in [3.63, 3.8) is 0 Å². The molecule has 1 heterocycles. The molecule has 5 heteroatoms. The Labute approximate surface area is 101 Å². The van der Waals surface area contributed by atoms with Crippen LogP contribution in [0.5, 0.6) is 0 Å². The first-order valence-corrected chi connectivity index (χ1v) is 5.39. The molecule has 0 amide bonds. The lowest BCUT2D eigenvalue weighted by Gasteiger charge is -2.26. The van der Waals surface area contributed by atoms with Gasteiger partial charge in [0.2, 0.25) is 0 Å². The van der Waals surface area contributed by atoms with Crippen LogP contribution < -0.4 is 0 Å². The molecule has 0 aliphatic carbocycles. The molecule has 1 rings (SSSR count). The molecule has 0 saturated carbocycles. The van der Waals surface area contributed by atoms with E-state index in [1.54, 1.807) is 18.3 Å². The van der Waals surface area contributed by atoms with Crippen LogP contribution in [0.15, 0.2) is 23.9 Å². The van der Waals surface area contributed by atoms with Crippen molar-refractivity contribution in [2.45, 2.75) is 6.10 Å². The van der Waals surface area contributed by atoms with E-state index < -0.39 is 0 Å². The van der Waals surface area contributed by atoms with Crippen molar-refractivity contribution >= 4 is 6.29 Å². The number of rotatable bonds is 7. The van der Waals surface area contributed by atoms with Gasteiger partial charge in [0.15, 0.2) is 6.29 Å². The van der Waals surface area contributed by atoms with Gasteiger partial charge in [-0.05, 0) is 18.4 Å². The standard InChI is InChI=1S/C12H16N2O3/c1-14(4-2-3-11(7-13)8-15)5-6-17-12-9-16-10-12/h2-4,8,12H,5-6,9-10H2,1H3/b4-2+,11-3+. The Morgan fingerprint density at radius 2 is 2.41 bits per heavy atom. The zero-order valence-corrected chi connectivity index (χ0v) is 9.83. The van der Waals surface area contributed by atoms with Gasteiger partial charge in [0.25, 0.3) is 0 Å². The first-order valence-electron chi connectivity index (χ1n) is 5.39. The Hall–Kier alpha value is -1.64. The molecular weight excluding hydrogens is 220 g/mol. The zero-order valence-electron chi connectivity index (χ0n) is 9.83. The molecule has 0 aromatic carbocycles. The molecule has 92 valence electrons. The fourth-order valence-electron chi connectivity index (χ4n) is 1.14. The molecule has 17 heavy (non-hydrogen) atoms. The van der Waals surface area contributed by atoms with Crippen LogP contribution in [0.4, 0.5) is 0 Å². The fourth-order valence-corrected chi connectivity index (χ4v) is 1.14. The summed E-state index contributed by atoms with van der Waals surface area (Å²) in [5, 5.41) is 8.50. The normalized spacial score (nSPS) is 16.6. The summed E-state index contributed by atoms with van der Waals surface area (Å²) in [4.78, 5) is 12.3. The average molecular weight is 236 g/mol. The van der Waals surface area contributed by atoms with E-state index in [1.165, 1.54) is 6.08 Å². The quantitative estimate of drug-likeness (QED) is 0.279. The molecule has 1 aliphatic rings. The zero-order chi connectivity index (χ0) is 12.5. The molecule has 0 aromatic rings. The number of likely N-dealkylation sites (N-methyl/N-ethyl adjacent to an activating group) is 1. The molecule has 0 N–H and O–H groups in total. The highest BCUT2D eigenvalue weighted by Crippen LogP contribution is 2.04. The Kier molecular flexibility index (Phi) is 6.00. The Morgan fingerprint density at radius 1 is 1.65 bits per heavy atom. The molecular formula is C12H16N2O3. The lowest BCUT2D eigenvalue weighted by molar-refractivity contribution is -0.130. The van der Waals surface area contributed by atoms with Crippen molar-refractivity contribution < 1.29 is 14.3 Å². The second kappa shape index (κ2) is 7.60. The van der Waals surface area contributed by atoms with Crippen LogP contribution in [-0.4, -0.2) is 50.7 Å². The van der Waals surface area contributed by atoms with Crippen LogP contribution in [0.3, 0.4) is 0 Å². The third-order valence-corrected chi connectivity index (χ3v) is 2.28. The van der Waals surface area contributed by atoms with E-state index in [1.807, 2.05) is 11.9 Å². The predicted molar refractivity (Wildman–Crippen MR) is 62.1 cm³/mol. The van der Waals surface area contributed by atoms with E-state index in [0.29, 0.717) is 26.1 Å². The van der Waals surface area contributed by atoms with Crippen molar-refractivity contribution in [1.82, 2.24) is 4.90 Å². The molecule has 0 spiro atoms. The van der Waals surface area contributed by atoms with Crippen LogP contribution in [0, 0.1) is 11.3 Å². The van der Waals surface area contributed by atoms with Crippen molar-refractivity contribution in [2.24, 2.45) is 0 Å². The highest BCUT2D eigenvalue weighted by atomic mass is 16.6. The SMILES string of the molecule is CN(/C=C/C=C(\C#N)C=O)CCOC1COC1. The molecule has 1 aliphatic heterocycles. The first-order chi connectivity index (χ1) is 8.26. The lowest BCUT2D eigenvalue weighted by atomic mass is 10.3. The topological polar surface area (TPSA) is 62.6 Å². The van der Waals surface area contributed by atoms with Crippen molar-refractivity contribution in [3.8, 4) is 6.07 Å². The maximum Gasteiger partial charge on any atom is 0.160 e. The molecule has 0 unspecified atom stereocenters. The van der Waals surface area contributed by atoms with Crippen molar-refractivity contribution in [1.29, 1.82) is 5.26 Å². The minimum absolute atomic E-state index is 0.109. The maximum absolute atomic E-state index is 10.3. The van der Waals surface area contributed by atoms with E-state index in [0.717, 1.165) is 6.54 Å². The summed E-state index contributed by atoms with van der Waals surface area (Å²) < 4.78 is 10.5. The van der Waals surface area contributed by atoms with Gasteiger partial charge in [-0.2, -0.15) is 5.26 Å². The number of carbonyl (C=O) groups excluding carboxylic acids is 1. The largest absolute Gasteiger partial charge is 0.378 e. The van der Waals surface area contributed by atoms with E-state index in [4.69, 9.17) is 14.7 Å².